The number of hydrogen-bond donors (Lipinski definition) is 1. The van der Waals surface area contributed by atoms with Crippen LogP contribution in [0.3, 0.4) is 0 Å². The molecule has 0 bridgehead atoms. The number of benzene rings is 2. The van der Waals surface area contributed by atoms with Gasteiger partial charge in [0, 0.05) is 37.6 Å². The molecule has 4 heteroatoms. The van der Waals surface area contributed by atoms with E-state index in [1.807, 2.05) is 17.9 Å². The third-order valence-electron chi connectivity index (χ3n) is 5.85. The molecule has 27 heavy (non-hydrogen) atoms. The molecule has 2 aliphatic rings. The Labute approximate surface area is 162 Å². The Morgan fingerprint density at radius 3 is 2.44 bits per heavy atom. The number of piperazine rings is 1. The molecule has 4 nitrogen and oxygen atoms in total. The van der Waals surface area contributed by atoms with E-state index >= 15 is 0 Å². The zero-order valence-electron chi connectivity index (χ0n) is 16.2. The van der Waals surface area contributed by atoms with Crippen molar-refractivity contribution in [2.24, 2.45) is 0 Å². The fourth-order valence-corrected chi connectivity index (χ4v) is 4.31. The molecule has 2 aromatic rings. The summed E-state index contributed by atoms with van der Waals surface area (Å²) in [5.41, 5.74) is 5.25. The fraction of sp³-hybridized carbons (Fsp3) is 0.435. The molecule has 1 fully saturated rings. The van der Waals surface area contributed by atoms with Crippen LogP contribution < -0.4 is 10.2 Å². The van der Waals surface area contributed by atoms with Gasteiger partial charge in [-0.05, 0) is 61.9 Å². The van der Waals surface area contributed by atoms with Crippen LogP contribution >= 0.6 is 0 Å². The van der Waals surface area contributed by atoms with Gasteiger partial charge in [0.15, 0.2) is 0 Å². The summed E-state index contributed by atoms with van der Waals surface area (Å²) >= 11 is 0. The van der Waals surface area contributed by atoms with Crippen molar-refractivity contribution in [3.05, 3.63) is 59.7 Å². The number of carbonyl (C=O) groups is 1. The molecule has 142 valence electrons. The van der Waals surface area contributed by atoms with Gasteiger partial charge in [0.05, 0.1) is 0 Å². The second-order valence-corrected chi connectivity index (χ2v) is 7.66. The maximum absolute atomic E-state index is 13.0. The van der Waals surface area contributed by atoms with Gasteiger partial charge in [-0.3, -0.25) is 4.79 Å². The van der Waals surface area contributed by atoms with Gasteiger partial charge in [0.25, 0.3) is 0 Å². The monoisotopic (exact) mass is 363 g/mol. The number of hydrogen-bond acceptors (Lipinski definition) is 3. The van der Waals surface area contributed by atoms with Gasteiger partial charge in [0.2, 0.25) is 5.91 Å². The maximum atomic E-state index is 13.0. The molecule has 1 aliphatic carbocycles. The molecule has 2 aromatic carbocycles. The van der Waals surface area contributed by atoms with Gasteiger partial charge in [0.1, 0.15) is 6.04 Å². The number of anilines is 2. The SMILES string of the molecule is C[C@@H](Nc1cccc2c1CCCC2)C(=O)N1CCN(c2ccccc2)CC1. The predicted octanol–water partition coefficient (Wildman–Crippen LogP) is 3.71. The summed E-state index contributed by atoms with van der Waals surface area (Å²) in [6.45, 7) is 5.35. The number of fused-ring (bicyclic) bond motifs is 1. The lowest BCUT2D eigenvalue weighted by atomic mass is 9.90. The summed E-state index contributed by atoms with van der Waals surface area (Å²) < 4.78 is 0. The molecule has 1 aliphatic heterocycles. The Morgan fingerprint density at radius 1 is 0.926 bits per heavy atom. The van der Waals surface area contributed by atoms with Gasteiger partial charge >= 0.3 is 0 Å². The Kier molecular flexibility index (Phi) is 5.33. The number of nitrogens with zero attached hydrogens (tertiary/aromatic N) is 2. The molecular weight excluding hydrogens is 334 g/mol. The van der Waals surface area contributed by atoms with E-state index in [2.05, 4.69) is 52.7 Å². The first-order chi connectivity index (χ1) is 13.2. The molecule has 1 N–H and O–H groups in total. The molecule has 1 heterocycles. The number of rotatable bonds is 4. The summed E-state index contributed by atoms with van der Waals surface area (Å²) in [4.78, 5) is 17.3. The molecule has 1 atom stereocenters. The van der Waals surface area contributed by atoms with E-state index in [1.54, 1.807) is 0 Å². The quantitative estimate of drug-likeness (QED) is 0.899. The second-order valence-electron chi connectivity index (χ2n) is 7.66. The van der Waals surface area contributed by atoms with Crippen molar-refractivity contribution in [1.82, 2.24) is 4.90 Å². The predicted molar refractivity (Wildman–Crippen MR) is 111 cm³/mol. The summed E-state index contributed by atoms with van der Waals surface area (Å²) in [6, 6.07) is 16.7. The van der Waals surface area contributed by atoms with Crippen LogP contribution in [0.5, 0.6) is 0 Å². The number of nitrogens with one attached hydrogen (secondary N) is 1. The van der Waals surface area contributed by atoms with Crippen LogP contribution in [-0.4, -0.2) is 43.0 Å². The highest BCUT2D eigenvalue weighted by Crippen LogP contribution is 2.28. The lowest BCUT2D eigenvalue weighted by molar-refractivity contribution is -0.131. The minimum Gasteiger partial charge on any atom is -0.374 e. The molecule has 4 rings (SSSR count). The van der Waals surface area contributed by atoms with Gasteiger partial charge in [-0.2, -0.15) is 0 Å². The van der Waals surface area contributed by atoms with Crippen molar-refractivity contribution in [3.8, 4) is 0 Å². The van der Waals surface area contributed by atoms with E-state index in [9.17, 15) is 4.79 Å². The van der Waals surface area contributed by atoms with E-state index in [-0.39, 0.29) is 11.9 Å². The summed E-state index contributed by atoms with van der Waals surface area (Å²) in [5, 5.41) is 3.51. The van der Waals surface area contributed by atoms with Crippen molar-refractivity contribution in [2.75, 3.05) is 36.4 Å². The normalized spacial score (nSPS) is 18.0. The summed E-state index contributed by atoms with van der Waals surface area (Å²) in [5.74, 6) is 0.205. The zero-order chi connectivity index (χ0) is 18.6. The summed E-state index contributed by atoms with van der Waals surface area (Å²) in [7, 11) is 0. The Morgan fingerprint density at radius 2 is 1.67 bits per heavy atom. The van der Waals surface area contributed by atoms with Crippen LogP contribution in [0.4, 0.5) is 11.4 Å². The van der Waals surface area contributed by atoms with Crippen LogP contribution in [0, 0.1) is 0 Å². The lowest BCUT2D eigenvalue weighted by Gasteiger charge is -2.37. The van der Waals surface area contributed by atoms with Crippen molar-refractivity contribution < 1.29 is 4.79 Å². The lowest BCUT2D eigenvalue weighted by Crippen LogP contribution is -2.52. The van der Waals surface area contributed by atoms with Crippen molar-refractivity contribution in [2.45, 2.75) is 38.6 Å². The Bertz CT molecular complexity index is 781. The van der Waals surface area contributed by atoms with Crippen LogP contribution in [0.25, 0.3) is 0 Å². The van der Waals surface area contributed by atoms with E-state index in [0.29, 0.717) is 0 Å². The molecule has 0 unspecified atom stereocenters. The first-order valence-corrected chi connectivity index (χ1v) is 10.2. The second kappa shape index (κ2) is 8.03. The third-order valence-corrected chi connectivity index (χ3v) is 5.85. The Balaban J connectivity index is 1.36. The van der Waals surface area contributed by atoms with E-state index in [4.69, 9.17) is 0 Å². The first-order valence-electron chi connectivity index (χ1n) is 10.2. The van der Waals surface area contributed by atoms with Crippen LogP contribution in [-0.2, 0) is 17.6 Å². The van der Waals surface area contributed by atoms with Gasteiger partial charge in [-0.1, -0.05) is 30.3 Å². The van der Waals surface area contributed by atoms with Crippen LogP contribution in [0.1, 0.15) is 30.9 Å². The first kappa shape index (κ1) is 17.9. The number of carbonyl (C=O) groups excluding carboxylic acids is 1. The minimum absolute atomic E-state index is 0.193. The van der Waals surface area contributed by atoms with Crippen molar-refractivity contribution in [3.63, 3.8) is 0 Å². The average Bonchev–Trinajstić information content (AvgIpc) is 2.74. The highest BCUT2D eigenvalue weighted by Gasteiger charge is 2.25. The largest absolute Gasteiger partial charge is 0.374 e. The van der Waals surface area contributed by atoms with Gasteiger partial charge in [-0.25, -0.2) is 0 Å². The van der Waals surface area contributed by atoms with E-state index in [0.717, 1.165) is 44.7 Å². The molecular formula is C23H29N3O. The van der Waals surface area contributed by atoms with E-state index < -0.39 is 0 Å². The van der Waals surface area contributed by atoms with Crippen LogP contribution in [0.15, 0.2) is 48.5 Å². The molecule has 0 aromatic heterocycles. The fourth-order valence-electron chi connectivity index (χ4n) is 4.31. The topological polar surface area (TPSA) is 35.6 Å². The average molecular weight is 364 g/mol. The van der Waals surface area contributed by atoms with E-state index in [1.165, 1.54) is 29.7 Å². The molecule has 0 radical (unpaired) electrons. The number of para-hydroxylation sites is 1. The number of amides is 1. The maximum Gasteiger partial charge on any atom is 0.244 e. The molecule has 0 saturated carbocycles. The minimum atomic E-state index is -0.193. The van der Waals surface area contributed by atoms with Crippen molar-refractivity contribution >= 4 is 17.3 Å². The third kappa shape index (κ3) is 3.95. The van der Waals surface area contributed by atoms with Gasteiger partial charge < -0.3 is 15.1 Å². The highest BCUT2D eigenvalue weighted by molar-refractivity contribution is 5.85. The van der Waals surface area contributed by atoms with Crippen LogP contribution in [0.2, 0.25) is 0 Å². The molecule has 1 saturated heterocycles. The van der Waals surface area contributed by atoms with Gasteiger partial charge in [-0.15, -0.1) is 0 Å². The standard InChI is InChI=1S/C23H29N3O/c1-18(24-22-13-7-9-19-8-5-6-12-21(19)22)23(27)26-16-14-25(15-17-26)20-10-3-2-4-11-20/h2-4,7,9-11,13,18,24H,5-6,8,12,14-17H2,1H3/t18-/m1/s1. The smallest absolute Gasteiger partial charge is 0.244 e. The molecule has 1 amide bonds. The highest BCUT2D eigenvalue weighted by atomic mass is 16.2. The zero-order valence-corrected chi connectivity index (χ0v) is 16.2. The van der Waals surface area contributed by atoms with Crippen molar-refractivity contribution in [1.29, 1.82) is 0 Å². The summed E-state index contributed by atoms with van der Waals surface area (Å²) in [6.07, 6.45) is 4.80. The number of aryl methyl sites for hydroxylation is 1. The Hall–Kier alpha value is -2.49. The molecule has 0 spiro atoms.